The van der Waals surface area contributed by atoms with Gasteiger partial charge in [-0.25, -0.2) is 9.97 Å². The summed E-state index contributed by atoms with van der Waals surface area (Å²) >= 11 is 0. The summed E-state index contributed by atoms with van der Waals surface area (Å²) in [6.07, 6.45) is 5.77. The summed E-state index contributed by atoms with van der Waals surface area (Å²) in [4.78, 5) is 25.5. The highest BCUT2D eigenvalue weighted by Gasteiger charge is 2.16. The first-order valence-corrected chi connectivity index (χ1v) is 6.55. The van der Waals surface area contributed by atoms with Crippen LogP contribution in [0.4, 0.5) is 5.82 Å². The van der Waals surface area contributed by atoms with E-state index in [4.69, 9.17) is 0 Å². The van der Waals surface area contributed by atoms with Gasteiger partial charge in [0.15, 0.2) is 0 Å². The average Bonchev–Trinajstić information content (AvgIpc) is 2.98. The third-order valence-electron chi connectivity index (χ3n) is 3.03. The Hall–Kier alpha value is -2.37. The van der Waals surface area contributed by atoms with E-state index in [1.807, 2.05) is 32.0 Å². The molecule has 0 bridgehead atoms. The van der Waals surface area contributed by atoms with Crippen LogP contribution in [0.3, 0.4) is 0 Å². The van der Waals surface area contributed by atoms with Gasteiger partial charge in [0, 0.05) is 32.7 Å². The Bertz CT molecular complexity index is 547. The van der Waals surface area contributed by atoms with Crippen LogP contribution < -0.4 is 10.2 Å². The number of aromatic nitrogens is 3. The van der Waals surface area contributed by atoms with Crippen LogP contribution in [0.1, 0.15) is 35.6 Å². The molecule has 106 valence electrons. The van der Waals surface area contributed by atoms with Gasteiger partial charge in [0.25, 0.3) is 5.91 Å². The van der Waals surface area contributed by atoms with Gasteiger partial charge in [-0.15, -0.1) is 0 Å². The van der Waals surface area contributed by atoms with Crippen molar-refractivity contribution in [3.63, 3.8) is 0 Å². The van der Waals surface area contributed by atoms with Crippen molar-refractivity contribution >= 4 is 11.7 Å². The van der Waals surface area contributed by atoms with E-state index in [1.54, 1.807) is 24.7 Å². The Morgan fingerprint density at radius 3 is 2.70 bits per heavy atom. The number of hydrogen-bond donors (Lipinski definition) is 2. The number of amides is 1. The van der Waals surface area contributed by atoms with Gasteiger partial charge < -0.3 is 15.2 Å². The van der Waals surface area contributed by atoms with Crippen molar-refractivity contribution in [3.8, 4) is 0 Å². The number of rotatable bonds is 5. The quantitative estimate of drug-likeness (QED) is 0.870. The molecule has 6 heteroatoms. The lowest BCUT2D eigenvalue weighted by Crippen LogP contribution is -2.29. The molecule has 2 aromatic rings. The van der Waals surface area contributed by atoms with E-state index < -0.39 is 0 Å². The largest absolute Gasteiger partial charge is 0.363 e. The standard InChI is InChI=1S/C14H19N5O/c1-4-11(13-15-7-8-16-13)18-14(20)10-5-6-12(17-9-10)19(2)3/h5-9,11H,4H2,1-3H3,(H,15,16)(H,18,20). The van der Waals surface area contributed by atoms with Gasteiger partial charge in [-0.2, -0.15) is 0 Å². The monoisotopic (exact) mass is 273 g/mol. The van der Waals surface area contributed by atoms with Gasteiger partial charge >= 0.3 is 0 Å². The number of H-pyrrole nitrogens is 1. The van der Waals surface area contributed by atoms with E-state index in [9.17, 15) is 4.79 Å². The number of carbonyl (C=O) groups excluding carboxylic acids is 1. The molecule has 0 saturated heterocycles. The first kappa shape index (κ1) is 14.0. The number of imidazole rings is 1. The number of pyridine rings is 1. The van der Waals surface area contributed by atoms with Crippen molar-refractivity contribution in [2.75, 3.05) is 19.0 Å². The van der Waals surface area contributed by atoms with Crippen LogP contribution in [0.15, 0.2) is 30.7 Å². The normalized spacial score (nSPS) is 11.9. The second-order valence-electron chi connectivity index (χ2n) is 4.71. The van der Waals surface area contributed by atoms with Crippen molar-refractivity contribution in [2.24, 2.45) is 0 Å². The Balaban J connectivity index is 2.07. The molecule has 2 rings (SSSR count). The van der Waals surface area contributed by atoms with Crippen molar-refractivity contribution in [3.05, 3.63) is 42.1 Å². The van der Waals surface area contributed by atoms with Gasteiger partial charge in [-0.3, -0.25) is 4.79 Å². The molecular formula is C14H19N5O. The molecule has 1 unspecified atom stereocenters. The second-order valence-corrected chi connectivity index (χ2v) is 4.71. The maximum Gasteiger partial charge on any atom is 0.253 e. The summed E-state index contributed by atoms with van der Waals surface area (Å²) in [5.41, 5.74) is 0.542. The van der Waals surface area contributed by atoms with E-state index in [1.165, 1.54) is 0 Å². The molecule has 0 spiro atoms. The molecule has 6 nitrogen and oxygen atoms in total. The summed E-state index contributed by atoms with van der Waals surface area (Å²) in [6.45, 7) is 2.00. The molecule has 0 aromatic carbocycles. The summed E-state index contributed by atoms with van der Waals surface area (Å²) < 4.78 is 0. The minimum Gasteiger partial charge on any atom is -0.363 e. The number of hydrogen-bond acceptors (Lipinski definition) is 4. The lowest BCUT2D eigenvalue weighted by Gasteiger charge is -2.15. The predicted molar refractivity (Wildman–Crippen MR) is 77.6 cm³/mol. The SMILES string of the molecule is CCC(NC(=O)c1ccc(N(C)C)nc1)c1ncc[nH]1. The Kier molecular flexibility index (Phi) is 4.34. The van der Waals surface area contributed by atoms with Crippen molar-refractivity contribution in [1.82, 2.24) is 20.3 Å². The molecule has 1 amide bonds. The van der Waals surface area contributed by atoms with Crippen molar-refractivity contribution < 1.29 is 4.79 Å². The zero-order valence-corrected chi connectivity index (χ0v) is 11.9. The number of nitrogens with one attached hydrogen (secondary N) is 2. The molecule has 0 saturated carbocycles. The molecule has 0 fully saturated rings. The lowest BCUT2D eigenvalue weighted by atomic mass is 10.2. The predicted octanol–water partition coefficient (Wildman–Crippen LogP) is 1.75. The van der Waals surface area contributed by atoms with Gasteiger partial charge in [-0.05, 0) is 18.6 Å². The molecule has 0 aliphatic carbocycles. The summed E-state index contributed by atoms with van der Waals surface area (Å²) in [6, 6.07) is 3.47. The number of carbonyl (C=O) groups is 1. The molecule has 0 aliphatic rings. The molecule has 20 heavy (non-hydrogen) atoms. The fourth-order valence-corrected chi connectivity index (χ4v) is 1.86. The minimum absolute atomic E-state index is 0.119. The Morgan fingerprint density at radius 1 is 1.40 bits per heavy atom. The smallest absolute Gasteiger partial charge is 0.253 e. The average molecular weight is 273 g/mol. The summed E-state index contributed by atoms with van der Waals surface area (Å²) in [5, 5.41) is 2.95. The van der Waals surface area contributed by atoms with Crippen LogP contribution in [-0.2, 0) is 0 Å². The first-order chi connectivity index (χ1) is 9.61. The summed E-state index contributed by atoms with van der Waals surface area (Å²) in [7, 11) is 3.82. The molecule has 2 heterocycles. The fourth-order valence-electron chi connectivity index (χ4n) is 1.86. The van der Waals surface area contributed by atoms with E-state index in [-0.39, 0.29) is 11.9 Å². The Morgan fingerprint density at radius 2 is 2.20 bits per heavy atom. The highest BCUT2D eigenvalue weighted by atomic mass is 16.1. The molecule has 0 radical (unpaired) electrons. The molecule has 0 aliphatic heterocycles. The zero-order chi connectivity index (χ0) is 14.5. The van der Waals surface area contributed by atoms with E-state index in [2.05, 4.69) is 20.3 Å². The lowest BCUT2D eigenvalue weighted by molar-refractivity contribution is 0.0933. The third kappa shape index (κ3) is 3.14. The second kappa shape index (κ2) is 6.18. The van der Waals surface area contributed by atoms with E-state index in [0.29, 0.717) is 5.56 Å². The number of aromatic amines is 1. The van der Waals surface area contributed by atoms with Crippen molar-refractivity contribution in [2.45, 2.75) is 19.4 Å². The first-order valence-electron chi connectivity index (χ1n) is 6.55. The fraction of sp³-hybridized carbons (Fsp3) is 0.357. The van der Waals surface area contributed by atoms with Crippen LogP contribution in [0.2, 0.25) is 0 Å². The van der Waals surface area contributed by atoms with Crippen LogP contribution in [-0.4, -0.2) is 35.0 Å². The molecule has 1 atom stereocenters. The topological polar surface area (TPSA) is 73.9 Å². The van der Waals surface area contributed by atoms with Crippen LogP contribution in [0.5, 0.6) is 0 Å². The highest BCUT2D eigenvalue weighted by Crippen LogP contribution is 2.13. The summed E-state index contributed by atoms with van der Waals surface area (Å²) in [5.74, 6) is 1.43. The van der Waals surface area contributed by atoms with Gasteiger partial charge in [0.1, 0.15) is 11.6 Å². The third-order valence-corrected chi connectivity index (χ3v) is 3.03. The molecule has 2 N–H and O–H groups in total. The van der Waals surface area contributed by atoms with Gasteiger partial charge in [0.05, 0.1) is 11.6 Å². The zero-order valence-electron chi connectivity index (χ0n) is 11.9. The van der Waals surface area contributed by atoms with E-state index >= 15 is 0 Å². The maximum absolute atomic E-state index is 12.2. The van der Waals surface area contributed by atoms with Crippen molar-refractivity contribution in [1.29, 1.82) is 0 Å². The molecule has 2 aromatic heterocycles. The number of anilines is 1. The maximum atomic E-state index is 12.2. The minimum atomic E-state index is -0.147. The molecular weight excluding hydrogens is 254 g/mol. The van der Waals surface area contributed by atoms with E-state index in [0.717, 1.165) is 18.1 Å². The van der Waals surface area contributed by atoms with Crippen LogP contribution in [0, 0.1) is 0 Å². The van der Waals surface area contributed by atoms with Crippen LogP contribution >= 0.6 is 0 Å². The Labute approximate surface area is 118 Å². The number of nitrogens with zero attached hydrogens (tertiary/aromatic N) is 3. The van der Waals surface area contributed by atoms with Gasteiger partial charge in [-0.1, -0.05) is 6.92 Å². The van der Waals surface area contributed by atoms with Gasteiger partial charge in [0.2, 0.25) is 0 Å². The highest BCUT2D eigenvalue weighted by molar-refractivity contribution is 5.94. The van der Waals surface area contributed by atoms with Crippen LogP contribution in [0.25, 0.3) is 0 Å².